The van der Waals surface area contributed by atoms with Gasteiger partial charge in [-0.1, -0.05) is 20.8 Å². The van der Waals surface area contributed by atoms with Crippen molar-refractivity contribution in [3.63, 3.8) is 0 Å². The highest BCUT2D eigenvalue weighted by Gasteiger charge is 2.31. The lowest BCUT2D eigenvalue weighted by Crippen LogP contribution is -2.31. The van der Waals surface area contributed by atoms with Crippen LogP contribution in [0, 0.1) is 0 Å². The third-order valence-electron chi connectivity index (χ3n) is 3.35. The SMILES string of the molecule is COCCN(c1cc(NN)nc(C(C)(C)C)n1)C1CC1. The van der Waals surface area contributed by atoms with Crippen LogP contribution in [0.4, 0.5) is 11.6 Å². The lowest BCUT2D eigenvalue weighted by Gasteiger charge is -2.26. The number of anilines is 2. The molecule has 0 bridgehead atoms. The van der Waals surface area contributed by atoms with Gasteiger partial charge in [0.1, 0.15) is 17.5 Å². The van der Waals surface area contributed by atoms with Gasteiger partial charge in [0.2, 0.25) is 0 Å². The second kappa shape index (κ2) is 5.93. The molecule has 0 atom stereocenters. The highest BCUT2D eigenvalue weighted by Crippen LogP contribution is 2.32. The van der Waals surface area contributed by atoms with Crippen molar-refractivity contribution in [1.29, 1.82) is 0 Å². The predicted molar refractivity (Wildman–Crippen MR) is 80.8 cm³/mol. The van der Waals surface area contributed by atoms with Crippen molar-refractivity contribution in [1.82, 2.24) is 9.97 Å². The molecule has 1 fully saturated rings. The first kappa shape index (κ1) is 15.0. The van der Waals surface area contributed by atoms with Crippen LogP contribution < -0.4 is 16.2 Å². The maximum atomic E-state index is 5.54. The van der Waals surface area contributed by atoms with Crippen molar-refractivity contribution < 1.29 is 4.74 Å². The van der Waals surface area contributed by atoms with E-state index in [9.17, 15) is 0 Å². The van der Waals surface area contributed by atoms with Gasteiger partial charge in [0, 0.05) is 31.2 Å². The largest absolute Gasteiger partial charge is 0.383 e. The van der Waals surface area contributed by atoms with E-state index in [0.29, 0.717) is 18.5 Å². The number of nitrogen functional groups attached to an aromatic ring is 1. The van der Waals surface area contributed by atoms with Gasteiger partial charge in [0.25, 0.3) is 0 Å². The van der Waals surface area contributed by atoms with Crippen molar-refractivity contribution >= 4 is 11.6 Å². The molecule has 0 saturated heterocycles. The molecule has 0 aromatic carbocycles. The van der Waals surface area contributed by atoms with Crippen LogP contribution in [0.3, 0.4) is 0 Å². The van der Waals surface area contributed by atoms with Crippen LogP contribution in [0.25, 0.3) is 0 Å². The van der Waals surface area contributed by atoms with Crippen LogP contribution in [0.15, 0.2) is 6.07 Å². The fraction of sp³-hybridized carbons (Fsp3) is 0.714. The van der Waals surface area contributed by atoms with E-state index in [1.54, 1.807) is 7.11 Å². The van der Waals surface area contributed by atoms with Gasteiger partial charge in [-0.15, -0.1) is 0 Å². The van der Waals surface area contributed by atoms with Crippen LogP contribution in [0.2, 0.25) is 0 Å². The van der Waals surface area contributed by atoms with E-state index in [1.165, 1.54) is 12.8 Å². The fourth-order valence-corrected chi connectivity index (χ4v) is 2.05. The number of nitrogens with two attached hydrogens (primary N) is 1. The molecule has 1 heterocycles. The molecule has 1 aliphatic rings. The number of methoxy groups -OCH3 is 1. The van der Waals surface area contributed by atoms with Gasteiger partial charge in [0.05, 0.1) is 6.61 Å². The number of hydrazine groups is 1. The zero-order valence-electron chi connectivity index (χ0n) is 12.8. The Kier molecular flexibility index (Phi) is 4.45. The Bertz CT molecular complexity index is 453. The molecule has 0 spiro atoms. The summed E-state index contributed by atoms with van der Waals surface area (Å²) in [5, 5.41) is 0. The molecule has 0 radical (unpaired) electrons. The highest BCUT2D eigenvalue weighted by molar-refractivity contribution is 5.51. The van der Waals surface area contributed by atoms with Gasteiger partial charge < -0.3 is 15.1 Å². The number of hydrogen-bond acceptors (Lipinski definition) is 6. The summed E-state index contributed by atoms with van der Waals surface area (Å²) in [6.07, 6.45) is 2.42. The first-order valence-corrected chi connectivity index (χ1v) is 7.07. The van der Waals surface area contributed by atoms with E-state index in [2.05, 4.69) is 36.1 Å². The van der Waals surface area contributed by atoms with Crippen molar-refractivity contribution in [3.05, 3.63) is 11.9 Å². The Morgan fingerprint density at radius 1 is 1.40 bits per heavy atom. The Morgan fingerprint density at radius 2 is 2.10 bits per heavy atom. The van der Waals surface area contributed by atoms with Crippen LogP contribution in [-0.2, 0) is 10.2 Å². The number of nitrogens with one attached hydrogen (secondary N) is 1. The first-order valence-electron chi connectivity index (χ1n) is 7.07. The second-order valence-corrected chi connectivity index (χ2v) is 6.25. The summed E-state index contributed by atoms with van der Waals surface area (Å²) in [6, 6.07) is 2.47. The third-order valence-corrected chi connectivity index (χ3v) is 3.35. The summed E-state index contributed by atoms with van der Waals surface area (Å²) < 4.78 is 5.20. The quantitative estimate of drug-likeness (QED) is 0.609. The molecule has 3 N–H and O–H groups in total. The fourth-order valence-electron chi connectivity index (χ4n) is 2.05. The van der Waals surface area contributed by atoms with E-state index in [1.807, 2.05) is 6.07 Å². The standard InChI is InChI=1S/C14H25N5O/c1-14(2,3)13-16-11(18-15)9-12(17-13)19(7-8-20-4)10-5-6-10/h9-10H,5-8,15H2,1-4H3,(H,16,17,18). The number of ether oxygens (including phenoxy) is 1. The number of hydrogen-bond donors (Lipinski definition) is 2. The van der Waals surface area contributed by atoms with Gasteiger partial charge >= 0.3 is 0 Å². The lowest BCUT2D eigenvalue weighted by atomic mass is 9.96. The van der Waals surface area contributed by atoms with E-state index in [4.69, 9.17) is 15.6 Å². The van der Waals surface area contributed by atoms with Gasteiger partial charge in [-0.2, -0.15) is 0 Å². The Labute approximate surface area is 120 Å². The van der Waals surface area contributed by atoms with Gasteiger partial charge in [-0.3, -0.25) is 0 Å². The molecule has 20 heavy (non-hydrogen) atoms. The molecule has 0 aliphatic heterocycles. The summed E-state index contributed by atoms with van der Waals surface area (Å²) in [4.78, 5) is 11.5. The van der Waals surface area contributed by atoms with Crippen molar-refractivity contribution in [2.45, 2.75) is 45.1 Å². The van der Waals surface area contributed by atoms with Crippen LogP contribution in [0.5, 0.6) is 0 Å². The summed E-state index contributed by atoms with van der Waals surface area (Å²) in [5.41, 5.74) is 2.53. The molecule has 6 heteroatoms. The van der Waals surface area contributed by atoms with Crippen molar-refractivity contribution in [3.8, 4) is 0 Å². The maximum absolute atomic E-state index is 5.54. The highest BCUT2D eigenvalue weighted by atomic mass is 16.5. The van der Waals surface area contributed by atoms with Crippen LogP contribution >= 0.6 is 0 Å². The molecule has 1 aromatic heterocycles. The molecular weight excluding hydrogens is 254 g/mol. The number of aromatic nitrogens is 2. The first-order chi connectivity index (χ1) is 9.45. The molecule has 0 amide bonds. The Morgan fingerprint density at radius 3 is 2.60 bits per heavy atom. The molecule has 0 unspecified atom stereocenters. The maximum Gasteiger partial charge on any atom is 0.145 e. The third kappa shape index (κ3) is 3.58. The zero-order valence-corrected chi connectivity index (χ0v) is 12.8. The summed E-state index contributed by atoms with van der Waals surface area (Å²) in [5.74, 6) is 7.92. The van der Waals surface area contributed by atoms with E-state index < -0.39 is 0 Å². The van der Waals surface area contributed by atoms with Gasteiger partial charge in [0.15, 0.2) is 0 Å². The van der Waals surface area contributed by atoms with Crippen LogP contribution in [0.1, 0.15) is 39.4 Å². The molecule has 1 aromatic rings. The average Bonchev–Trinajstić information content (AvgIpc) is 3.22. The summed E-state index contributed by atoms with van der Waals surface area (Å²) in [7, 11) is 1.72. The van der Waals surface area contributed by atoms with Crippen LogP contribution in [-0.4, -0.2) is 36.3 Å². The molecule has 6 nitrogen and oxygen atoms in total. The Balaban J connectivity index is 2.32. The monoisotopic (exact) mass is 279 g/mol. The van der Waals surface area contributed by atoms with Gasteiger partial charge in [-0.05, 0) is 12.8 Å². The zero-order chi connectivity index (χ0) is 14.8. The molecule has 112 valence electrons. The second-order valence-electron chi connectivity index (χ2n) is 6.25. The minimum atomic E-state index is -0.113. The van der Waals surface area contributed by atoms with Gasteiger partial charge in [-0.25, -0.2) is 15.8 Å². The molecule has 1 aliphatic carbocycles. The normalized spacial score (nSPS) is 15.2. The van der Waals surface area contributed by atoms with E-state index in [0.717, 1.165) is 18.2 Å². The Hall–Kier alpha value is -1.40. The van der Waals surface area contributed by atoms with E-state index >= 15 is 0 Å². The lowest BCUT2D eigenvalue weighted by molar-refractivity contribution is 0.204. The van der Waals surface area contributed by atoms with E-state index in [-0.39, 0.29) is 5.41 Å². The molecular formula is C14H25N5O. The molecule has 1 saturated carbocycles. The molecule has 2 rings (SSSR count). The summed E-state index contributed by atoms with van der Waals surface area (Å²) in [6.45, 7) is 7.83. The topological polar surface area (TPSA) is 76.3 Å². The minimum Gasteiger partial charge on any atom is -0.383 e. The predicted octanol–water partition coefficient (Wildman–Crippen LogP) is 1.67. The minimum absolute atomic E-state index is 0.113. The summed E-state index contributed by atoms with van der Waals surface area (Å²) >= 11 is 0. The smallest absolute Gasteiger partial charge is 0.145 e. The number of nitrogens with zero attached hydrogens (tertiary/aromatic N) is 3. The van der Waals surface area contributed by atoms with Crippen molar-refractivity contribution in [2.75, 3.05) is 30.6 Å². The number of rotatable bonds is 6. The average molecular weight is 279 g/mol. The van der Waals surface area contributed by atoms with Crippen molar-refractivity contribution in [2.24, 2.45) is 5.84 Å².